The highest BCUT2D eigenvalue weighted by Crippen LogP contribution is 2.15. The predicted octanol–water partition coefficient (Wildman–Crippen LogP) is 1.96. The van der Waals surface area contributed by atoms with Crippen LogP contribution in [0.15, 0.2) is 41.2 Å². The van der Waals surface area contributed by atoms with Gasteiger partial charge in [0.25, 0.3) is 5.56 Å². The minimum atomic E-state index is -0.781. The second-order valence-corrected chi connectivity index (χ2v) is 5.70. The minimum Gasteiger partial charge on any atom is -0.322 e. The largest absolute Gasteiger partial charge is 0.322 e. The summed E-state index contributed by atoms with van der Waals surface area (Å²) in [4.78, 5) is 24.1. The van der Waals surface area contributed by atoms with E-state index in [9.17, 15) is 18.4 Å². The zero-order chi connectivity index (χ0) is 18.8. The number of anilines is 1. The highest BCUT2D eigenvalue weighted by molar-refractivity contribution is 5.90. The first-order chi connectivity index (χ1) is 12.3. The van der Waals surface area contributed by atoms with Gasteiger partial charge < -0.3 is 5.32 Å². The van der Waals surface area contributed by atoms with E-state index >= 15 is 0 Å². The summed E-state index contributed by atoms with van der Waals surface area (Å²) < 4.78 is 29.2. The molecule has 1 amide bonds. The molecule has 0 spiro atoms. The van der Waals surface area contributed by atoms with Gasteiger partial charge in [0.1, 0.15) is 18.2 Å². The van der Waals surface area contributed by atoms with Crippen LogP contribution in [0, 0.1) is 25.5 Å². The number of aromatic nitrogens is 4. The number of carbonyl (C=O) groups is 1. The molecule has 2 heterocycles. The normalized spacial score (nSPS) is 10.8. The minimum absolute atomic E-state index is 0.308. The Morgan fingerprint density at radius 2 is 1.88 bits per heavy atom. The molecule has 134 valence electrons. The fourth-order valence-corrected chi connectivity index (χ4v) is 2.44. The zero-order valence-corrected chi connectivity index (χ0v) is 14.0. The van der Waals surface area contributed by atoms with E-state index in [1.54, 1.807) is 0 Å². The van der Waals surface area contributed by atoms with Crippen LogP contribution in [-0.2, 0) is 11.3 Å². The van der Waals surface area contributed by atoms with Gasteiger partial charge in [0.2, 0.25) is 5.91 Å². The van der Waals surface area contributed by atoms with Crippen molar-refractivity contribution in [1.29, 1.82) is 0 Å². The third-order valence-corrected chi connectivity index (χ3v) is 3.58. The van der Waals surface area contributed by atoms with Gasteiger partial charge in [0.15, 0.2) is 5.82 Å². The molecule has 0 radical (unpaired) electrons. The summed E-state index contributed by atoms with van der Waals surface area (Å²) in [6.07, 6.45) is 0. The number of halogens is 2. The van der Waals surface area contributed by atoms with Gasteiger partial charge in [-0.2, -0.15) is 5.10 Å². The molecule has 2 aromatic heterocycles. The number of amides is 1. The SMILES string of the molecule is Cc1cc(C)n(-c2ccc(=O)n(CC(=O)Nc3cc(F)ccc3F)n2)n1. The molecule has 0 unspecified atom stereocenters. The highest BCUT2D eigenvalue weighted by atomic mass is 19.1. The maximum absolute atomic E-state index is 13.6. The molecule has 7 nitrogen and oxygen atoms in total. The van der Waals surface area contributed by atoms with Gasteiger partial charge in [-0.05, 0) is 38.1 Å². The summed E-state index contributed by atoms with van der Waals surface area (Å²) in [5, 5.41) is 10.6. The van der Waals surface area contributed by atoms with Crippen LogP contribution in [0.25, 0.3) is 5.82 Å². The smallest absolute Gasteiger partial charge is 0.267 e. The standard InChI is InChI=1S/C17H15F2N5O2/c1-10-7-11(2)24(21-10)15-5-6-17(26)23(22-15)9-16(25)20-14-8-12(18)3-4-13(14)19/h3-8H,9H2,1-2H3,(H,20,25). The molecule has 0 atom stereocenters. The van der Waals surface area contributed by atoms with E-state index in [1.807, 2.05) is 19.9 Å². The van der Waals surface area contributed by atoms with Crippen molar-refractivity contribution in [3.63, 3.8) is 0 Å². The lowest BCUT2D eigenvalue weighted by atomic mass is 10.3. The van der Waals surface area contributed by atoms with Gasteiger partial charge in [0, 0.05) is 17.8 Å². The van der Waals surface area contributed by atoms with Crippen LogP contribution in [0.5, 0.6) is 0 Å². The van der Waals surface area contributed by atoms with Crippen molar-refractivity contribution in [3.05, 3.63) is 69.8 Å². The van der Waals surface area contributed by atoms with Gasteiger partial charge in [-0.1, -0.05) is 0 Å². The Hall–Kier alpha value is -3.36. The van der Waals surface area contributed by atoms with Crippen molar-refractivity contribution >= 4 is 11.6 Å². The molecular formula is C17H15F2N5O2. The van der Waals surface area contributed by atoms with Gasteiger partial charge in [-0.3, -0.25) is 9.59 Å². The maximum Gasteiger partial charge on any atom is 0.267 e. The number of hydrogen-bond acceptors (Lipinski definition) is 4. The number of carbonyl (C=O) groups excluding carboxylic acids is 1. The van der Waals surface area contributed by atoms with E-state index in [0.29, 0.717) is 5.82 Å². The van der Waals surface area contributed by atoms with E-state index in [0.717, 1.165) is 34.3 Å². The number of rotatable bonds is 4. The Balaban J connectivity index is 1.84. The summed E-state index contributed by atoms with van der Waals surface area (Å²) in [5.74, 6) is -1.82. The first-order valence-corrected chi connectivity index (χ1v) is 7.70. The molecule has 3 aromatic rings. The van der Waals surface area contributed by atoms with Crippen molar-refractivity contribution in [3.8, 4) is 5.82 Å². The molecule has 9 heteroatoms. The molecule has 0 fully saturated rings. The number of aryl methyl sites for hydroxylation is 2. The molecular weight excluding hydrogens is 344 g/mol. The highest BCUT2D eigenvalue weighted by Gasteiger charge is 2.12. The Labute approximate surface area is 146 Å². The van der Waals surface area contributed by atoms with Crippen molar-refractivity contribution < 1.29 is 13.6 Å². The second-order valence-electron chi connectivity index (χ2n) is 5.70. The Bertz CT molecular complexity index is 1040. The fraction of sp³-hybridized carbons (Fsp3) is 0.176. The summed E-state index contributed by atoms with van der Waals surface area (Å²) >= 11 is 0. The lowest BCUT2D eigenvalue weighted by Gasteiger charge is -2.09. The van der Waals surface area contributed by atoms with Crippen LogP contribution in [0.3, 0.4) is 0 Å². The van der Waals surface area contributed by atoms with Crippen LogP contribution in [0.1, 0.15) is 11.4 Å². The van der Waals surface area contributed by atoms with Crippen LogP contribution < -0.4 is 10.9 Å². The molecule has 0 saturated heterocycles. The van der Waals surface area contributed by atoms with Crippen LogP contribution in [0.4, 0.5) is 14.5 Å². The molecule has 3 rings (SSSR count). The van der Waals surface area contributed by atoms with Crippen LogP contribution in [0.2, 0.25) is 0 Å². The Kier molecular flexibility index (Phi) is 4.61. The lowest BCUT2D eigenvalue weighted by Crippen LogP contribution is -2.30. The molecule has 0 saturated carbocycles. The molecule has 0 aliphatic rings. The van der Waals surface area contributed by atoms with Gasteiger partial charge in [-0.15, -0.1) is 5.10 Å². The summed E-state index contributed by atoms with van der Waals surface area (Å²) in [6, 6.07) is 7.29. The van der Waals surface area contributed by atoms with Crippen molar-refractivity contribution in [2.45, 2.75) is 20.4 Å². The van der Waals surface area contributed by atoms with Crippen molar-refractivity contribution in [1.82, 2.24) is 19.6 Å². The van der Waals surface area contributed by atoms with E-state index in [-0.39, 0.29) is 5.69 Å². The van der Waals surface area contributed by atoms with Crippen molar-refractivity contribution in [2.75, 3.05) is 5.32 Å². The number of nitrogens with one attached hydrogen (secondary N) is 1. The second kappa shape index (κ2) is 6.87. The van der Waals surface area contributed by atoms with Gasteiger partial charge >= 0.3 is 0 Å². The maximum atomic E-state index is 13.6. The number of hydrogen-bond donors (Lipinski definition) is 1. The topological polar surface area (TPSA) is 81.8 Å². The fourth-order valence-electron chi connectivity index (χ4n) is 2.44. The molecule has 0 aliphatic carbocycles. The van der Waals surface area contributed by atoms with Crippen LogP contribution >= 0.6 is 0 Å². The Morgan fingerprint density at radius 1 is 1.12 bits per heavy atom. The van der Waals surface area contributed by atoms with E-state index in [1.165, 1.54) is 16.8 Å². The quantitative estimate of drug-likeness (QED) is 0.772. The first kappa shape index (κ1) is 17.5. The lowest BCUT2D eigenvalue weighted by molar-refractivity contribution is -0.117. The number of nitrogens with zero attached hydrogens (tertiary/aromatic N) is 4. The summed E-state index contributed by atoms with van der Waals surface area (Å²) in [6.45, 7) is 3.19. The zero-order valence-electron chi connectivity index (χ0n) is 14.0. The number of benzene rings is 1. The average Bonchev–Trinajstić information content (AvgIpc) is 2.91. The van der Waals surface area contributed by atoms with Gasteiger partial charge in [-0.25, -0.2) is 18.1 Å². The van der Waals surface area contributed by atoms with Crippen LogP contribution in [-0.4, -0.2) is 25.5 Å². The van der Waals surface area contributed by atoms with E-state index in [2.05, 4.69) is 15.5 Å². The predicted molar refractivity (Wildman–Crippen MR) is 90.1 cm³/mol. The van der Waals surface area contributed by atoms with Crippen molar-refractivity contribution in [2.24, 2.45) is 0 Å². The molecule has 1 N–H and O–H groups in total. The molecule has 26 heavy (non-hydrogen) atoms. The average molecular weight is 359 g/mol. The Morgan fingerprint density at radius 3 is 2.58 bits per heavy atom. The molecule has 0 aliphatic heterocycles. The third kappa shape index (κ3) is 3.66. The third-order valence-electron chi connectivity index (χ3n) is 3.58. The van der Waals surface area contributed by atoms with E-state index < -0.39 is 29.6 Å². The van der Waals surface area contributed by atoms with Gasteiger partial charge in [0.05, 0.1) is 11.4 Å². The molecule has 1 aromatic carbocycles. The molecule has 0 bridgehead atoms. The monoisotopic (exact) mass is 359 g/mol. The first-order valence-electron chi connectivity index (χ1n) is 7.70. The summed E-state index contributed by atoms with van der Waals surface area (Å²) in [5.41, 5.74) is 0.774. The van der Waals surface area contributed by atoms with E-state index in [4.69, 9.17) is 0 Å². The summed E-state index contributed by atoms with van der Waals surface area (Å²) in [7, 11) is 0.